The largest absolute Gasteiger partial charge is 0.507 e. The van der Waals surface area contributed by atoms with Crippen molar-refractivity contribution in [2.45, 2.75) is 26.8 Å². The van der Waals surface area contributed by atoms with Gasteiger partial charge in [0, 0.05) is 17.7 Å². The molecule has 168 valence electrons. The Balaban J connectivity index is 1.92. The van der Waals surface area contributed by atoms with Crippen molar-refractivity contribution in [3.63, 3.8) is 0 Å². The lowest BCUT2D eigenvalue weighted by atomic mass is 9.94. The molecule has 0 saturated carbocycles. The van der Waals surface area contributed by atoms with Crippen LogP contribution in [0.4, 0.5) is 0 Å². The predicted octanol–water partition coefficient (Wildman–Crippen LogP) is 3.34. The quantitative estimate of drug-likeness (QED) is 0.523. The molecule has 1 aliphatic heterocycles. The Morgan fingerprint density at radius 2 is 1.97 bits per heavy atom. The highest BCUT2D eigenvalue weighted by Gasteiger charge is 2.42. The molecule has 0 fully saturated rings. The molecule has 3 aromatic rings. The minimum atomic E-state index is -0.511. The van der Waals surface area contributed by atoms with Crippen LogP contribution in [0.25, 0.3) is 11.3 Å². The van der Waals surface area contributed by atoms with Crippen LogP contribution in [0.15, 0.2) is 30.3 Å². The molecule has 4 rings (SSSR count). The molecule has 2 aromatic carbocycles. The van der Waals surface area contributed by atoms with Gasteiger partial charge in [-0.05, 0) is 55.7 Å². The van der Waals surface area contributed by atoms with Gasteiger partial charge in [-0.2, -0.15) is 5.10 Å². The number of amides is 1. The van der Waals surface area contributed by atoms with Crippen LogP contribution in [0.2, 0.25) is 0 Å². The van der Waals surface area contributed by atoms with E-state index in [9.17, 15) is 15.0 Å². The number of benzene rings is 2. The minimum Gasteiger partial charge on any atom is -0.507 e. The number of rotatable bonds is 7. The highest BCUT2D eigenvalue weighted by molar-refractivity contribution is 6.00. The summed E-state index contributed by atoms with van der Waals surface area (Å²) < 4.78 is 11.1. The second-order valence-electron chi connectivity index (χ2n) is 7.81. The summed E-state index contributed by atoms with van der Waals surface area (Å²) in [5, 5.41) is 27.7. The number of carbonyl (C=O) groups is 1. The monoisotopic (exact) mass is 437 g/mol. The number of carbonyl (C=O) groups excluding carboxylic acids is 1. The molecule has 0 spiro atoms. The number of aromatic hydroxyl groups is 1. The van der Waals surface area contributed by atoms with Gasteiger partial charge in [0.1, 0.15) is 17.1 Å². The SMILES string of the molecule is CCOc1ccc(C2c3c(-c4cc(C)cc(C)c4O)n[nH]c3C(=O)N2CCO)cc1OC. The number of aromatic amines is 1. The van der Waals surface area contributed by atoms with E-state index in [2.05, 4.69) is 10.2 Å². The van der Waals surface area contributed by atoms with Crippen molar-refractivity contribution >= 4 is 5.91 Å². The summed E-state index contributed by atoms with van der Waals surface area (Å²) in [7, 11) is 1.56. The van der Waals surface area contributed by atoms with Gasteiger partial charge in [-0.15, -0.1) is 0 Å². The smallest absolute Gasteiger partial charge is 0.273 e. The molecule has 2 heterocycles. The molecule has 8 nitrogen and oxygen atoms in total. The van der Waals surface area contributed by atoms with Crippen LogP contribution in [-0.4, -0.2) is 58.1 Å². The molecule has 1 amide bonds. The van der Waals surface area contributed by atoms with Crippen LogP contribution in [0.5, 0.6) is 17.2 Å². The van der Waals surface area contributed by atoms with Crippen molar-refractivity contribution in [3.8, 4) is 28.5 Å². The number of ether oxygens (including phenoxy) is 2. The third-order valence-corrected chi connectivity index (χ3v) is 5.71. The second-order valence-corrected chi connectivity index (χ2v) is 7.81. The third kappa shape index (κ3) is 3.46. The molecular formula is C24H27N3O5. The van der Waals surface area contributed by atoms with E-state index in [1.165, 1.54) is 0 Å². The third-order valence-electron chi connectivity index (χ3n) is 5.71. The molecule has 1 unspecified atom stereocenters. The van der Waals surface area contributed by atoms with Crippen molar-refractivity contribution in [2.24, 2.45) is 0 Å². The maximum atomic E-state index is 13.2. The highest BCUT2D eigenvalue weighted by atomic mass is 16.5. The average Bonchev–Trinajstić information content (AvgIpc) is 3.31. The van der Waals surface area contributed by atoms with Gasteiger partial charge >= 0.3 is 0 Å². The predicted molar refractivity (Wildman–Crippen MR) is 119 cm³/mol. The van der Waals surface area contributed by atoms with Gasteiger partial charge in [-0.1, -0.05) is 12.1 Å². The topological polar surface area (TPSA) is 108 Å². The summed E-state index contributed by atoms with van der Waals surface area (Å²) >= 11 is 0. The fourth-order valence-electron chi connectivity index (χ4n) is 4.36. The van der Waals surface area contributed by atoms with Gasteiger partial charge < -0.3 is 24.6 Å². The molecule has 1 aliphatic rings. The summed E-state index contributed by atoms with van der Waals surface area (Å²) in [6, 6.07) is 8.76. The van der Waals surface area contributed by atoms with Gasteiger partial charge in [0.15, 0.2) is 11.5 Å². The number of aliphatic hydroxyl groups excluding tert-OH is 1. The number of H-pyrrole nitrogens is 1. The lowest BCUT2D eigenvalue weighted by Crippen LogP contribution is -2.32. The number of aliphatic hydroxyl groups is 1. The summed E-state index contributed by atoms with van der Waals surface area (Å²) in [4.78, 5) is 14.8. The van der Waals surface area contributed by atoms with Crippen LogP contribution < -0.4 is 9.47 Å². The fourth-order valence-corrected chi connectivity index (χ4v) is 4.36. The first-order valence-electron chi connectivity index (χ1n) is 10.5. The Morgan fingerprint density at radius 3 is 2.66 bits per heavy atom. The number of β-amino-alcohol motifs (C(OH)–C–C–N with tert-alkyl or cyclic N) is 1. The van der Waals surface area contributed by atoms with Crippen molar-refractivity contribution in [2.75, 3.05) is 26.9 Å². The summed E-state index contributed by atoms with van der Waals surface area (Å²) in [6.45, 7) is 6.14. The number of phenols is 1. The van der Waals surface area contributed by atoms with E-state index in [-0.39, 0.29) is 24.8 Å². The van der Waals surface area contributed by atoms with Crippen molar-refractivity contribution < 1.29 is 24.5 Å². The zero-order valence-corrected chi connectivity index (χ0v) is 18.6. The van der Waals surface area contributed by atoms with E-state index < -0.39 is 6.04 Å². The maximum absolute atomic E-state index is 13.2. The molecule has 0 bridgehead atoms. The van der Waals surface area contributed by atoms with Crippen molar-refractivity contribution in [1.82, 2.24) is 15.1 Å². The highest BCUT2D eigenvalue weighted by Crippen LogP contribution is 2.46. The number of aryl methyl sites for hydroxylation is 2. The van der Waals surface area contributed by atoms with E-state index in [4.69, 9.17) is 9.47 Å². The number of phenolic OH excluding ortho intramolecular Hbond substituents is 1. The molecule has 32 heavy (non-hydrogen) atoms. The first kappa shape index (κ1) is 21.7. The molecule has 0 aliphatic carbocycles. The van der Waals surface area contributed by atoms with Gasteiger partial charge in [0.05, 0.1) is 26.4 Å². The van der Waals surface area contributed by atoms with Crippen LogP contribution >= 0.6 is 0 Å². The summed E-state index contributed by atoms with van der Waals surface area (Å²) in [5.41, 5.74) is 4.57. The first-order valence-corrected chi connectivity index (χ1v) is 10.5. The molecule has 1 aromatic heterocycles. The molecule has 1 atom stereocenters. The number of nitrogens with zero attached hydrogens (tertiary/aromatic N) is 2. The number of fused-ring (bicyclic) bond motifs is 1. The number of hydrogen-bond acceptors (Lipinski definition) is 6. The van der Waals surface area contributed by atoms with Crippen LogP contribution in [-0.2, 0) is 0 Å². The lowest BCUT2D eigenvalue weighted by Gasteiger charge is -2.26. The Kier molecular flexibility index (Phi) is 5.80. The van der Waals surface area contributed by atoms with Crippen molar-refractivity contribution in [3.05, 3.63) is 58.3 Å². The molecule has 8 heteroatoms. The van der Waals surface area contributed by atoms with Crippen LogP contribution in [0, 0.1) is 13.8 Å². The van der Waals surface area contributed by atoms with Gasteiger partial charge in [-0.3, -0.25) is 9.89 Å². The van der Waals surface area contributed by atoms with Crippen LogP contribution in [0.3, 0.4) is 0 Å². The Morgan fingerprint density at radius 1 is 1.19 bits per heavy atom. The molecular weight excluding hydrogens is 410 g/mol. The molecule has 0 saturated heterocycles. The van der Waals surface area contributed by atoms with E-state index in [0.717, 1.165) is 16.7 Å². The second kappa shape index (κ2) is 8.55. The summed E-state index contributed by atoms with van der Waals surface area (Å²) in [6.07, 6.45) is 0. The number of nitrogens with one attached hydrogen (secondary N) is 1. The Hall–Kier alpha value is -3.52. The van der Waals surface area contributed by atoms with Crippen LogP contribution in [0.1, 0.15) is 45.7 Å². The number of methoxy groups -OCH3 is 1. The van der Waals surface area contributed by atoms with Gasteiger partial charge in [0.25, 0.3) is 5.91 Å². The van der Waals surface area contributed by atoms with E-state index in [1.807, 2.05) is 51.1 Å². The maximum Gasteiger partial charge on any atom is 0.273 e. The zero-order valence-electron chi connectivity index (χ0n) is 18.6. The number of aromatic nitrogens is 2. The average molecular weight is 437 g/mol. The first-order chi connectivity index (χ1) is 15.4. The number of hydrogen-bond donors (Lipinski definition) is 3. The van der Waals surface area contributed by atoms with Crippen molar-refractivity contribution in [1.29, 1.82) is 0 Å². The van der Waals surface area contributed by atoms with E-state index in [1.54, 1.807) is 12.0 Å². The van der Waals surface area contributed by atoms with Gasteiger partial charge in [0.2, 0.25) is 0 Å². The summed E-state index contributed by atoms with van der Waals surface area (Å²) in [5.74, 6) is 1.03. The minimum absolute atomic E-state index is 0.126. The molecule has 3 N–H and O–H groups in total. The standard InChI is InChI=1S/C24H27N3O5/c1-5-32-17-7-6-15(12-18(17)31-4)22-19-20(16-11-13(2)10-14(3)23(16)29)25-26-21(19)24(30)27(22)8-9-28/h6-7,10-12,22,28-29H,5,8-9H2,1-4H3,(H,25,26). The Bertz CT molecular complexity index is 1170. The normalized spacial score (nSPS) is 15.2. The zero-order chi connectivity index (χ0) is 23.0. The lowest BCUT2D eigenvalue weighted by molar-refractivity contribution is 0.0706. The fraction of sp³-hybridized carbons (Fsp3) is 0.333. The van der Waals surface area contributed by atoms with E-state index >= 15 is 0 Å². The Labute approximate surface area is 186 Å². The molecule has 0 radical (unpaired) electrons. The van der Waals surface area contributed by atoms with Gasteiger partial charge in [-0.25, -0.2) is 0 Å². The van der Waals surface area contributed by atoms with E-state index in [0.29, 0.717) is 40.6 Å².